The average molecular weight is 285 g/mol. The average Bonchev–Trinajstić information content (AvgIpc) is 3.19. The Hall–Kier alpha value is -2.30. The quantitative estimate of drug-likeness (QED) is 0.851. The Morgan fingerprint density at radius 1 is 1.33 bits per heavy atom. The minimum absolute atomic E-state index is 0.0584. The van der Waals surface area contributed by atoms with Gasteiger partial charge >= 0.3 is 0 Å². The fourth-order valence-corrected chi connectivity index (χ4v) is 2.09. The van der Waals surface area contributed by atoms with Crippen LogP contribution >= 0.6 is 0 Å². The molecule has 0 aliphatic heterocycles. The van der Waals surface area contributed by atoms with Crippen molar-refractivity contribution in [3.8, 4) is 5.75 Å². The first-order valence-electron chi connectivity index (χ1n) is 7.30. The second-order valence-corrected chi connectivity index (χ2v) is 5.35. The molecule has 0 atom stereocenters. The first-order valence-corrected chi connectivity index (χ1v) is 7.30. The molecule has 1 N–H and O–H groups in total. The topological polar surface area (TPSA) is 56.1 Å². The van der Waals surface area contributed by atoms with Gasteiger partial charge in [0.05, 0.1) is 24.9 Å². The molecular weight excluding hydrogens is 266 g/mol. The Kier molecular flexibility index (Phi) is 4.19. The predicted molar refractivity (Wildman–Crippen MR) is 80.1 cm³/mol. The Labute approximate surface area is 123 Å². The zero-order valence-electron chi connectivity index (χ0n) is 11.9. The lowest BCUT2D eigenvalue weighted by molar-refractivity contribution is -0.116. The molecule has 1 aromatic carbocycles. The van der Waals surface area contributed by atoms with Crippen LogP contribution < -0.4 is 10.1 Å². The summed E-state index contributed by atoms with van der Waals surface area (Å²) in [5.74, 6) is 1.49. The highest BCUT2D eigenvalue weighted by Crippen LogP contribution is 2.30. The highest BCUT2D eigenvalue weighted by atomic mass is 16.5. The molecule has 0 unspecified atom stereocenters. The Bertz CT molecular complexity index is 591. The van der Waals surface area contributed by atoms with E-state index in [2.05, 4.69) is 10.4 Å². The Balaban J connectivity index is 1.40. The van der Waals surface area contributed by atoms with Gasteiger partial charge in [-0.25, -0.2) is 0 Å². The van der Waals surface area contributed by atoms with Crippen LogP contribution in [0.5, 0.6) is 5.75 Å². The number of nitrogens with one attached hydrogen (secondary N) is 1. The van der Waals surface area contributed by atoms with Crippen molar-refractivity contribution in [2.45, 2.75) is 25.8 Å². The van der Waals surface area contributed by atoms with E-state index < -0.39 is 0 Å². The maximum atomic E-state index is 11.8. The number of hydrogen-bond donors (Lipinski definition) is 1. The summed E-state index contributed by atoms with van der Waals surface area (Å²) in [4.78, 5) is 11.8. The number of ether oxygens (including phenoxy) is 1. The molecule has 0 radical (unpaired) electrons. The van der Waals surface area contributed by atoms with Crippen molar-refractivity contribution >= 4 is 11.6 Å². The summed E-state index contributed by atoms with van der Waals surface area (Å²) >= 11 is 0. The lowest BCUT2D eigenvalue weighted by Crippen LogP contribution is -2.14. The second-order valence-electron chi connectivity index (χ2n) is 5.35. The van der Waals surface area contributed by atoms with E-state index in [1.807, 2.05) is 41.2 Å². The third kappa shape index (κ3) is 4.34. The number of amides is 1. The molecule has 110 valence electrons. The summed E-state index contributed by atoms with van der Waals surface area (Å²) in [5.41, 5.74) is 0.750. The van der Waals surface area contributed by atoms with Crippen molar-refractivity contribution in [1.29, 1.82) is 0 Å². The molecule has 0 bridgehead atoms. The third-order valence-corrected chi connectivity index (χ3v) is 3.40. The number of rotatable bonds is 7. The number of aromatic nitrogens is 2. The van der Waals surface area contributed by atoms with Gasteiger partial charge in [-0.05, 0) is 30.9 Å². The first-order chi connectivity index (χ1) is 10.3. The first kappa shape index (κ1) is 13.7. The molecular formula is C16H19N3O2. The molecule has 0 spiro atoms. The molecule has 1 aliphatic rings. The molecule has 1 heterocycles. The summed E-state index contributed by atoms with van der Waals surface area (Å²) in [6.45, 7) is 1.32. The van der Waals surface area contributed by atoms with E-state index in [-0.39, 0.29) is 5.91 Å². The molecule has 0 saturated heterocycles. The minimum Gasteiger partial charge on any atom is -0.493 e. The molecule has 1 aromatic heterocycles. The molecule has 5 nitrogen and oxygen atoms in total. The van der Waals surface area contributed by atoms with Crippen LogP contribution in [0.3, 0.4) is 0 Å². The van der Waals surface area contributed by atoms with Gasteiger partial charge in [-0.2, -0.15) is 5.10 Å². The van der Waals surface area contributed by atoms with E-state index >= 15 is 0 Å². The van der Waals surface area contributed by atoms with Crippen LogP contribution in [0.1, 0.15) is 19.3 Å². The lowest BCUT2D eigenvalue weighted by atomic mass is 10.3. The third-order valence-electron chi connectivity index (χ3n) is 3.40. The van der Waals surface area contributed by atoms with Crippen LogP contribution in [0.15, 0.2) is 42.7 Å². The van der Waals surface area contributed by atoms with Crippen molar-refractivity contribution in [1.82, 2.24) is 9.78 Å². The predicted octanol–water partition coefficient (Wildman–Crippen LogP) is 2.70. The fraction of sp³-hybridized carbons (Fsp3) is 0.375. The lowest BCUT2D eigenvalue weighted by Gasteiger charge is -2.05. The highest BCUT2D eigenvalue weighted by Gasteiger charge is 2.22. The largest absolute Gasteiger partial charge is 0.493 e. The number of nitrogens with zero attached hydrogens (tertiary/aromatic N) is 2. The Morgan fingerprint density at radius 3 is 2.90 bits per heavy atom. The smallest absolute Gasteiger partial charge is 0.227 e. The van der Waals surface area contributed by atoms with E-state index in [0.717, 1.165) is 23.9 Å². The molecule has 1 amide bonds. The molecule has 21 heavy (non-hydrogen) atoms. The molecule has 1 saturated carbocycles. The van der Waals surface area contributed by atoms with E-state index in [1.54, 1.807) is 6.20 Å². The van der Waals surface area contributed by atoms with E-state index in [4.69, 9.17) is 4.74 Å². The highest BCUT2D eigenvalue weighted by molar-refractivity contribution is 5.90. The van der Waals surface area contributed by atoms with Gasteiger partial charge in [-0.3, -0.25) is 9.48 Å². The van der Waals surface area contributed by atoms with Crippen LogP contribution in [0.25, 0.3) is 0 Å². The second kappa shape index (κ2) is 6.43. The van der Waals surface area contributed by atoms with E-state index in [1.165, 1.54) is 12.8 Å². The van der Waals surface area contributed by atoms with Crippen molar-refractivity contribution < 1.29 is 9.53 Å². The van der Waals surface area contributed by atoms with Crippen molar-refractivity contribution in [3.63, 3.8) is 0 Å². The fourth-order valence-electron chi connectivity index (χ4n) is 2.09. The minimum atomic E-state index is -0.0584. The molecule has 2 aromatic rings. The SMILES string of the molecule is O=C(CCOc1ccccc1)Nc1cnn(CC2CC2)c1. The number of carbonyl (C=O) groups excluding carboxylic acids is 1. The van der Waals surface area contributed by atoms with Crippen molar-refractivity contribution in [2.24, 2.45) is 5.92 Å². The number of para-hydroxylation sites is 1. The Morgan fingerprint density at radius 2 is 2.14 bits per heavy atom. The zero-order valence-corrected chi connectivity index (χ0v) is 11.9. The van der Waals surface area contributed by atoms with Gasteiger partial charge in [0.1, 0.15) is 5.75 Å². The van der Waals surface area contributed by atoms with E-state index in [9.17, 15) is 4.79 Å². The number of hydrogen-bond acceptors (Lipinski definition) is 3. The van der Waals surface area contributed by atoms with Gasteiger partial charge in [0.25, 0.3) is 0 Å². The summed E-state index contributed by atoms with van der Waals surface area (Å²) in [6.07, 6.45) is 6.48. The number of benzene rings is 1. The molecule has 1 fully saturated rings. The molecule has 1 aliphatic carbocycles. The zero-order chi connectivity index (χ0) is 14.5. The number of carbonyl (C=O) groups is 1. The normalized spacial score (nSPS) is 13.9. The van der Waals surface area contributed by atoms with Crippen LogP contribution in [-0.2, 0) is 11.3 Å². The van der Waals surface area contributed by atoms with Gasteiger partial charge in [0.15, 0.2) is 0 Å². The van der Waals surface area contributed by atoms with Gasteiger partial charge in [-0.15, -0.1) is 0 Å². The maximum absolute atomic E-state index is 11.8. The summed E-state index contributed by atoms with van der Waals surface area (Å²) in [5, 5.41) is 7.09. The molecule has 5 heteroatoms. The van der Waals surface area contributed by atoms with Gasteiger partial charge in [0.2, 0.25) is 5.91 Å². The summed E-state index contributed by atoms with van der Waals surface area (Å²) in [6, 6.07) is 9.49. The number of anilines is 1. The van der Waals surface area contributed by atoms with Gasteiger partial charge in [-0.1, -0.05) is 18.2 Å². The van der Waals surface area contributed by atoms with Gasteiger partial charge in [0, 0.05) is 12.7 Å². The van der Waals surface area contributed by atoms with Crippen LogP contribution in [0.2, 0.25) is 0 Å². The maximum Gasteiger partial charge on any atom is 0.227 e. The van der Waals surface area contributed by atoms with Crippen LogP contribution in [-0.4, -0.2) is 22.3 Å². The molecule has 3 rings (SSSR count). The van der Waals surface area contributed by atoms with Crippen LogP contribution in [0, 0.1) is 5.92 Å². The van der Waals surface area contributed by atoms with Crippen molar-refractivity contribution in [3.05, 3.63) is 42.7 Å². The van der Waals surface area contributed by atoms with Gasteiger partial charge < -0.3 is 10.1 Å². The van der Waals surface area contributed by atoms with Crippen molar-refractivity contribution in [2.75, 3.05) is 11.9 Å². The monoisotopic (exact) mass is 285 g/mol. The van der Waals surface area contributed by atoms with E-state index in [0.29, 0.717) is 13.0 Å². The summed E-state index contributed by atoms with van der Waals surface area (Å²) < 4.78 is 7.40. The van der Waals surface area contributed by atoms with Crippen LogP contribution in [0.4, 0.5) is 5.69 Å². The summed E-state index contributed by atoms with van der Waals surface area (Å²) in [7, 11) is 0. The standard InChI is InChI=1S/C16H19N3O2/c20-16(8-9-21-15-4-2-1-3-5-15)18-14-10-17-19(12-14)11-13-6-7-13/h1-5,10,12-13H,6-9,11H2,(H,18,20).